The number of ether oxygens (including phenoxy) is 1. The van der Waals surface area contributed by atoms with Crippen LogP contribution in [0.2, 0.25) is 0 Å². The van der Waals surface area contributed by atoms with Crippen LogP contribution in [0.15, 0.2) is 45.6 Å². The van der Waals surface area contributed by atoms with E-state index in [1.54, 1.807) is 6.92 Å². The average molecular weight is 480 g/mol. The summed E-state index contributed by atoms with van der Waals surface area (Å²) in [6, 6.07) is 6.73. The Hall–Kier alpha value is -3.18. The van der Waals surface area contributed by atoms with E-state index in [2.05, 4.69) is 10.0 Å². The van der Waals surface area contributed by atoms with Crippen molar-refractivity contribution in [2.75, 3.05) is 47.5 Å². The maximum atomic E-state index is 13.7. The van der Waals surface area contributed by atoms with Gasteiger partial charge in [0, 0.05) is 42.2 Å². The summed E-state index contributed by atoms with van der Waals surface area (Å²) in [6.07, 6.45) is 0.998. The van der Waals surface area contributed by atoms with Crippen molar-refractivity contribution in [2.45, 2.75) is 13.0 Å². The summed E-state index contributed by atoms with van der Waals surface area (Å²) in [6.45, 7) is 3.80. The van der Waals surface area contributed by atoms with Crippen molar-refractivity contribution in [3.63, 3.8) is 0 Å². The minimum atomic E-state index is -3.62. The van der Waals surface area contributed by atoms with E-state index in [4.69, 9.17) is 9.15 Å². The molecule has 0 saturated carbocycles. The zero-order valence-electron chi connectivity index (χ0n) is 18.0. The van der Waals surface area contributed by atoms with Gasteiger partial charge in [0.15, 0.2) is 11.3 Å². The first-order valence-electron chi connectivity index (χ1n) is 10.2. The van der Waals surface area contributed by atoms with Gasteiger partial charge >= 0.3 is 0 Å². The molecule has 0 amide bonds. The highest BCUT2D eigenvalue weighted by Crippen LogP contribution is 2.32. The van der Waals surface area contributed by atoms with Crippen LogP contribution in [0.25, 0.3) is 11.0 Å². The van der Waals surface area contributed by atoms with Crippen LogP contribution in [0.5, 0.6) is 0 Å². The third-order valence-corrected chi connectivity index (χ3v) is 5.79. The molecule has 0 aliphatic carbocycles. The molecular weight excluding hydrogens is 456 g/mol. The van der Waals surface area contributed by atoms with Gasteiger partial charge in [0.2, 0.25) is 10.0 Å². The average Bonchev–Trinajstić information content (AvgIpc) is 2.72. The maximum absolute atomic E-state index is 13.7. The summed E-state index contributed by atoms with van der Waals surface area (Å²) >= 11 is 0. The Morgan fingerprint density at radius 2 is 1.67 bits per heavy atom. The Kier molecular flexibility index (Phi) is 6.26. The molecule has 11 heteroatoms. The van der Waals surface area contributed by atoms with Gasteiger partial charge in [-0.1, -0.05) is 0 Å². The SMILES string of the molecule is CC(Nc1cc(F)cc(F)c1)c1cc(NS(C)(=O)=O)cc2c(=O)cc(N3CCOCC3)oc12. The van der Waals surface area contributed by atoms with E-state index in [-0.39, 0.29) is 27.8 Å². The first kappa shape index (κ1) is 23.0. The summed E-state index contributed by atoms with van der Waals surface area (Å²) in [4.78, 5) is 14.9. The van der Waals surface area contributed by atoms with Gasteiger partial charge in [0.25, 0.3) is 0 Å². The lowest BCUT2D eigenvalue weighted by Gasteiger charge is -2.27. The summed E-state index contributed by atoms with van der Waals surface area (Å²) < 4.78 is 64.8. The number of hydrogen-bond donors (Lipinski definition) is 2. The van der Waals surface area contributed by atoms with Crippen molar-refractivity contribution in [3.8, 4) is 0 Å². The molecule has 2 N–H and O–H groups in total. The molecular formula is C22H23F2N3O5S. The summed E-state index contributed by atoms with van der Waals surface area (Å²) in [5.74, 6) is -1.13. The van der Waals surface area contributed by atoms with Crippen molar-refractivity contribution < 1.29 is 26.4 Å². The Balaban J connectivity index is 1.84. The normalized spacial score (nSPS) is 15.5. The van der Waals surface area contributed by atoms with Crippen LogP contribution in [0.4, 0.5) is 26.0 Å². The van der Waals surface area contributed by atoms with Gasteiger partial charge in [-0.05, 0) is 31.2 Å². The fraction of sp³-hybridized carbons (Fsp3) is 0.318. The highest BCUT2D eigenvalue weighted by atomic mass is 32.2. The monoisotopic (exact) mass is 479 g/mol. The molecule has 4 rings (SSSR count). The van der Waals surface area contributed by atoms with Crippen molar-refractivity contribution >= 4 is 38.3 Å². The largest absolute Gasteiger partial charge is 0.440 e. The second-order valence-electron chi connectivity index (χ2n) is 7.89. The highest BCUT2D eigenvalue weighted by molar-refractivity contribution is 7.92. The smallest absolute Gasteiger partial charge is 0.229 e. The van der Waals surface area contributed by atoms with Gasteiger partial charge in [0.1, 0.15) is 17.2 Å². The van der Waals surface area contributed by atoms with Crippen molar-refractivity contribution in [2.24, 2.45) is 0 Å². The number of sulfonamides is 1. The predicted octanol–water partition coefficient (Wildman–Crippen LogP) is 3.45. The zero-order valence-corrected chi connectivity index (χ0v) is 18.8. The molecule has 33 heavy (non-hydrogen) atoms. The fourth-order valence-corrected chi connectivity index (χ4v) is 4.32. The second kappa shape index (κ2) is 8.99. The van der Waals surface area contributed by atoms with Crippen LogP contribution in [0, 0.1) is 11.6 Å². The first-order chi connectivity index (χ1) is 15.6. The van der Waals surface area contributed by atoms with Crippen LogP contribution in [0.3, 0.4) is 0 Å². The zero-order chi connectivity index (χ0) is 23.8. The molecule has 2 aromatic carbocycles. The van der Waals surface area contributed by atoms with Gasteiger partial charge in [-0.3, -0.25) is 9.52 Å². The molecule has 1 unspecified atom stereocenters. The van der Waals surface area contributed by atoms with Crippen molar-refractivity contribution in [3.05, 3.63) is 63.8 Å². The molecule has 1 fully saturated rings. The number of benzene rings is 2. The molecule has 176 valence electrons. The van der Waals surface area contributed by atoms with Gasteiger partial charge in [0.05, 0.1) is 30.9 Å². The van der Waals surface area contributed by atoms with E-state index in [9.17, 15) is 22.0 Å². The Labute approximate surface area is 189 Å². The van der Waals surface area contributed by atoms with Crippen LogP contribution in [0.1, 0.15) is 18.5 Å². The fourth-order valence-electron chi connectivity index (χ4n) is 3.77. The molecule has 1 atom stereocenters. The lowest BCUT2D eigenvalue weighted by Crippen LogP contribution is -2.36. The molecule has 3 aromatic rings. The Morgan fingerprint density at radius 1 is 1.00 bits per heavy atom. The molecule has 1 saturated heterocycles. The minimum absolute atomic E-state index is 0.172. The van der Waals surface area contributed by atoms with Crippen LogP contribution in [-0.4, -0.2) is 41.0 Å². The summed E-state index contributed by atoms with van der Waals surface area (Å²) in [5.41, 5.74) is 0.697. The topological polar surface area (TPSA) is 101 Å². The number of anilines is 3. The molecule has 2 heterocycles. The standard InChI is InChI=1S/C22H23F2N3O5S/c1-13(25-16-8-14(23)7-15(24)9-16)18-10-17(26-33(2,29)30)11-19-20(28)12-21(32-22(18)19)27-3-5-31-6-4-27/h7-13,25-26H,3-6H2,1-2H3. The van der Waals surface area contributed by atoms with Crippen LogP contribution >= 0.6 is 0 Å². The molecule has 0 bridgehead atoms. The van der Waals surface area contributed by atoms with Crippen LogP contribution in [-0.2, 0) is 14.8 Å². The highest BCUT2D eigenvalue weighted by Gasteiger charge is 2.21. The van der Waals surface area contributed by atoms with E-state index in [1.807, 2.05) is 4.90 Å². The lowest BCUT2D eigenvalue weighted by atomic mass is 10.0. The van der Waals surface area contributed by atoms with E-state index in [1.165, 1.54) is 18.2 Å². The molecule has 8 nitrogen and oxygen atoms in total. The van der Waals surface area contributed by atoms with Crippen molar-refractivity contribution in [1.82, 2.24) is 0 Å². The molecule has 0 radical (unpaired) electrons. The number of hydrogen-bond acceptors (Lipinski definition) is 7. The molecule has 1 aromatic heterocycles. The van der Waals surface area contributed by atoms with Crippen LogP contribution < -0.4 is 20.4 Å². The summed E-state index contributed by atoms with van der Waals surface area (Å²) in [7, 11) is -3.62. The number of rotatable bonds is 6. The summed E-state index contributed by atoms with van der Waals surface area (Å²) in [5, 5.41) is 3.16. The van der Waals surface area contributed by atoms with Crippen molar-refractivity contribution in [1.29, 1.82) is 0 Å². The third-order valence-electron chi connectivity index (χ3n) is 5.18. The number of fused-ring (bicyclic) bond motifs is 1. The number of nitrogens with one attached hydrogen (secondary N) is 2. The quantitative estimate of drug-likeness (QED) is 0.559. The van der Waals surface area contributed by atoms with Gasteiger partial charge in [-0.15, -0.1) is 0 Å². The van der Waals surface area contributed by atoms with E-state index < -0.39 is 27.7 Å². The number of nitrogens with zero attached hydrogens (tertiary/aromatic N) is 1. The van der Waals surface area contributed by atoms with Gasteiger partial charge < -0.3 is 19.4 Å². The van der Waals surface area contributed by atoms with E-state index >= 15 is 0 Å². The molecule has 0 spiro atoms. The second-order valence-corrected chi connectivity index (χ2v) is 9.64. The first-order valence-corrected chi connectivity index (χ1v) is 12.1. The Bertz CT molecular complexity index is 1330. The van der Waals surface area contributed by atoms with Gasteiger partial charge in [-0.25, -0.2) is 17.2 Å². The third kappa shape index (κ3) is 5.42. The maximum Gasteiger partial charge on any atom is 0.229 e. The minimum Gasteiger partial charge on any atom is -0.440 e. The lowest BCUT2D eigenvalue weighted by molar-refractivity contribution is 0.121. The molecule has 1 aliphatic heterocycles. The predicted molar refractivity (Wildman–Crippen MR) is 122 cm³/mol. The number of morpholine rings is 1. The number of halogens is 2. The van der Waals surface area contributed by atoms with E-state index in [0.29, 0.717) is 37.8 Å². The van der Waals surface area contributed by atoms with E-state index in [0.717, 1.165) is 24.5 Å². The molecule has 1 aliphatic rings. The Morgan fingerprint density at radius 3 is 2.30 bits per heavy atom. The van der Waals surface area contributed by atoms with Gasteiger partial charge in [-0.2, -0.15) is 0 Å².